The number of aryl methyl sites for hydroxylation is 1. The molecule has 2 N–H and O–H groups in total. The van der Waals surface area contributed by atoms with E-state index in [9.17, 15) is 14.9 Å². The van der Waals surface area contributed by atoms with Crippen molar-refractivity contribution in [3.63, 3.8) is 0 Å². The van der Waals surface area contributed by atoms with E-state index in [1.807, 2.05) is 67.8 Å². The van der Waals surface area contributed by atoms with E-state index in [1.165, 1.54) is 23.1 Å². The van der Waals surface area contributed by atoms with Crippen molar-refractivity contribution in [1.82, 2.24) is 5.32 Å². The maximum Gasteiger partial charge on any atom is 0.254 e. The molecular weight excluding hydrogens is 490 g/mol. The number of nitriles is 1. The average molecular weight is 516 g/mol. The van der Waals surface area contributed by atoms with Crippen LogP contribution in [-0.4, -0.2) is 24.6 Å². The number of hydrogen-bond acceptors (Lipinski definition) is 7. The maximum atomic E-state index is 13.5. The van der Waals surface area contributed by atoms with Crippen molar-refractivity contribution in [2.45, 2.75) is 19.8 Å². The van der Waals surface area contributed by atoms with E-state index in [4.69, 9.17) is 4.74 Å². The van der Waals surface area contributed by atoms with Gasteiger partial charge >= 0.3 is 0 Å². The van der Waals surface area contributed by atoms with Crippen LogP contribution >= 0.6 is 23.1 Å². The summed E-state index contributed by atoms with van der Waals surface area (Å²) in [6.45, 7) is 3.79. The predicted octanol–water partition coefficient (Wildman–Crippen LogP) is 6.02. The van der Waals surface area contributed by atoms with Gasteiger partial charge in [-0.15, -0.1) is 11.3 Å². The Morgan fingerprint density at radius 2 is 1.86 bits per heavy atom. The van der Waals surface area contributed by atoms with E-state index in [0.29, 0.717) is 38.9 Å². The first-order valence-electron chi connectivity index (χ1n) is 11.3. The third-order valence-electron chi connectivity index (χ3n) is 5.80. The van der Waals surface area contributed by atoms with Gasteiger partial charge < -0.3 is 15.4 Å². The number of carbonyl (C=O) groups is 2. The number of dihydropyridines is 1. The van der Waals surface area contributed by atoms with E-state index in [-0.39, 0.29) is 17.4 Å². The van der Waals surface area contributed by atoms with Gasteiger partial charge in [-0.3, -0.25) is 9.59 Å². The Hall–Kier alpha value is -3.80. The molecule has 182 valence electrons. The van der Waals surface area contributed by atoms with Crippen LogP contribution in [0.5, 0.6) is 5.75 Å². The number of ether oxygens (including phenoxy) is 1. The Balaban J connectivity index is 1.64. The lowest BCUT2D eigenvalue weighted by Gasteiger charge is -2.29. The highest BCUT2D eigenvalue weighted by molar-refractivity contribution is 8.03. The quantitative estimate of drug-likeness (QED) is 0.357. The molecule has 3 aromatic rings. The molecule has 0 fully saturated rings. The SMILES string of the molecule is COc1ccccc1NC(=O)C1=C(C)NC(SCC(=O)c2ccc(C)cc2)=C(C#N)C1c1cccs1. The molecule has 1 aliphatic rings. The van der Waals surface area contributed by atoms with Crippen LogP contribution in [-0.2, 0) is 4.79 Å². The molecule has 0 saturated heterocycles. The molecule has 0 radical (unpaired) electrons. The molecule has 2 heterocycles. The fourth-order valence-corrected chi connectivity index (χ4v) is 5.80. The second-order valence-corrected chi connectivity index (χ2v) is 10.2. The number of para-hydroxylation sites is 2. The summed E-state index contributed by atoms with van der Waals surface area (Å²) in [5, 5.41) is 18.9. The number of carbonyl (C=O) groups excluding carboxylic acids is 2. The number of thioether (sulfide) groups is 1. The van der Waals surface area contributed by atoms with Gasteiger partial charge in [-0.05, 0) is 37.4 Å². The molecule has 1 unspecified atom stereocenters. The summed E-state index contributed by atoms with van der Waals surface area (Å²) < 4.78 is 5.37. The number of ketones is 1. The van der Waals surface area contributed by atoms with E-state index >= 15 is 0 Å². The molecule has 0 saturated carbocycles. The van der Waals surface area contributed by atoms with Crippen molar-refractivity contribution in [2.75, 3.05) is 18.2 Å². The molecule has 4 rings (SSSR count). The van der Waals surface area contributed by atoms with Crippen LogP contribution in [0, 0.1) is 18.3 Å². The van der Waals surface area contributed by atoms with Crippen LogP contribution in [0.15, 0.2) is 87.9 Å². The number of benzene rings is 2. The van der Waals surface area contributed by atoms with Crippen molar-refractivity contribution in [3.8, 4) is 11.8 Å². The number of rotatable bonds is 8. The monoisotopic (exact) mass is 515 g/mol. The van der Waals surface area contributed by atoms with Gasteiger partial charge in [0.25, 0.3) is 5.91 Å². The molecule has 0 aliphatic carbocycles. The smallest absolute Gasteiger partial charge is 0.254 e. The molecule has 36 heavy (non-hydrogen) atoms. The zero-order valence-electron chi connectivity index (χ0n) is 20.1. The van der Waals surface area contributed by atoms with Crippen LogP contribution in [0.2, 0.25) is 0 Å². The van der Waals surface area contributed by atoms with Crippen molar-refractivity contribution in [3.05, 3.63) is 104 Å². The van der Waals surface area contributed by atoms with Gasteiger partial charge in [0.2, 0.25) is 0 Å². The highest BCUT2D eigenvalue weighted by Gasteiger charge is 2.35. The zero-order valence-corrected chi connectivity index (χ0v) is 21.8. The van der Waals surface area contributed by atoms with E-state index < -0.39 is 5.92 Å². The number of nitrogens with one attached hydrogen (secondary N) is 2. The zero-order chi connectivity index (χ0) is 25.7. The number of allylic oxidation sites excluding steroid dienone is 2. The fraction of sp³-hybridized carbons (Fsp3) is 0.179. The van der Waals surface area contributed by atoms with Crippen molar-refractivity contribution < 1.29 is 14.3 Å². The average Bonchev–Trinajstić information content (AvgIpc) is 3.42. The highest BCUT2D eigenvalue weighted by atomic mass is 32.2. The normalized spacial score (nSPS) is 15.2. The first-order valence-corrected chi connectivity index (χ1v) is 13.1. The van der Waals surface area contributed by atoms with Crippen molar-refractivity contribution in [2.24, 2.45) is 0 Å². The molecule has 1 aromatic heterocycles. The molecule has 2 aromatic carbocycles. The van der Waals surface area contributed by atoms with Crippen LogP contribution in [0.3, 0.4) is 0 Å². The van der Waals surface area contributed by atoms with E-state index in [0.717, 1.165) is 10.4 Å². The van der Waals surface area contributed by atoms with Crippen LogP contribution < -0.4 is 15.4 Å². The summed E-state index contributed by atoms with van der Waals surface area (Å²) in [6.07, 6.45) is 0. The van der Waals surface area contributed by atoms with Gasteiger partial charge in [0.15, 0.2) is 5.78 Å². The molecule has 6 nitrogen and oxygen atoms in total. The first-order chi connectivity index (χ1) is 17.4. The largest absolute Gasteiger partial charge is 0.495 e. The third-order valence-corrected chi connectivity index (χ3v) is 7.75. The summed E-state index contributed by atoms with van der Waals surface area (Å²) in [5.74, 6) is -0.189. The minimum Gasteiger partial charge on any atom is -0.495 e. The lowest BCUT2D eigenvalue weighted by molar-refractivity contribution is -0.113. The minimum absolute atomic E-state index is 0.0272. The molecule has 0 spiro atoms. The van der Waals surface area contributed by atoms with Crippen LogP contribution in [0.4, 0.5) is 5.69 Å². The Morgan fingerprint density at radius 1 is 1.11 bits per heavy atom. The number of amides is 1. The number of thiophene rings is 1. The summed E-state index contributed by atoms with van der Waals surface area (Å²) in [5.41, 5.74) is 3.75. The number of methoxy groups -OCH3 is 1. The summed E-state index contributed by atoms with van der Waals surface area (Å²) in [4.78, 5) is 27.2. The molecule has 0 bridgehead atoms. The minimum atomic E-state index is -0.553. The van der Waals surface area contributed by atoms with Crippen LogP contribution in [0.25, 0.3) is 0 Å². The van der Waals surface area contributed by atoms with Gasteiger partial charge in [-0.2, -0.15) is 5.26 Å². The molecular formula is C28H25N3O3S2. The Labute approximate surface area is 218 Å². The topological polar surface area (TPSA) is 91.2 Å². The Bertz CT molecular complexity index is 1380. The number of anilines is 1. The van der Waals surface area contributed by atoms with Crippen LogP contribution in [0.1, 0.15) is 33.6 Å². The van der Waals surface area contributed by atoms with E-state index in [1.54, 1.807) is 19.2 Å². The molecule has 8 heteroatoms. The number of hydrogen-bond donors (Lipinski definition) is 2. The molecule has 1 aliphatic heterocycles. The van der Waals surface area contributed by atoms with Gasteiger partial charge in [0, 0.05) is 21.7 Å². The second kappa shape index (κ2) is 11.3. The lowest BCUT2D eigenvalue weighted by Crippen LogP contribution is -2.30. The number of nitrogens with zero attached hydrogens (tertiary/aromatic N) is 1. The first kappa shape index (κ1) is 25.3. The predicted molar refractivity (Wildman–Crippen MR) is 145 cm³/mol. The summed E-state index contributed by atoms with van der Waals surface area (Å²) >= 11 is 2.76. The van der Waals surface area contributed by atoms with Gasteiger partial charge in [-0.25, -0.2) is 0 Å². The standard InChI is InChI=1S/C28H25N3O3S2/c1-17-10-12-19(13-11-17)22(32)16-36-28-20(15-29)26(24-9-6-14-35-24)25(18(2)30-28)27(33)31-21-7-4-5-8-23(21)34-3/h4-14,26,30H,16H2,1-3H3,(H,31,33). The van der Waals surface area contributed by atoms with Gasteiger partial charge in [0.1, 0.15) is 5.75 Å². The Kier molecular flexibility index (Phi) is 7.93. The lowest BCUT2D eigenvalue weighted by atomic mass is 9.86. The maximum absolute atomic E-state index is 13.5. The fourth-order valence-electron chi connectivity index (χ4n) is 3.97. The van der Waals surface area contributed by atoms with Gasteiger partial charge in [-0.1, -0.05) is 59.8 Å². The van der Waals surface area contributed by atoms with Crippen molar-refractivity contribution in [1.29, 1.82) is 5.26 Å². The summed E-state index contributed by atoms with van der Waals surface area (Å²) in [6, 6.07) is 20.7. The number of Topliss-reactive ketones (excluding diaryl/α,β-unsaturated/α-hetero) is 1. The summed E-state index contributed by atoms with van der Waals surface area (Å²) in [7, 11) is 1.55. The molecule has 1 amide bonds. The van der Waals surface area contributed by atoms with Crippen molar-refractivity contribution >= 4 is 40.5 Å². The highest BCUT2D eigenvalue weighted by Crippen LogP contribution is 2.42. The third kappa shape index (κ3) is 5.38. The Morgan fingerprint density at radius 3 is 2.53 bits per heavy atom. The second-order valence-electron chi connectivity index (χ2n) is 8.20. The van der Waals surface area contributed by atoms with E-state index in [2.05, 4.69) is 16.7 Å². The molecule has 1 atom stereocenters. The van der Waals surface area contributed by atoms with Gasteiger partial charge in [0.05, 0.1) is 41.1 Å².